The molecular formula is C14H22O3. The maximum atomic E-state index is 10.2. The fraction of sp³-hybridized carbons (Fsp3) is 0.571. The number of ether oxygens (including phenoxy) is 2. The first-order valence-corrected chi connectivity index (χ1v) is 6.22. The number of aliphatic hydroxyl groups excluding tert-OH is 1. The van der Waals surface area contributed by atoms with Crippen molar-refractivity contribution in [1.29, 1.82) is 0 Å². The molecule has 3 nitrogen and oxygen atoms in total. The molecule has 0 saturated carbocycles. The van der Waals surface area contributed by atoms with E-state index in [1.54, 1.807) is 0 Å². The van der Waals surface area contributed by atoms with Crippen molar-refractivity contribution in [3.63, 3.8) is 0 Å². The Balaban J connectivity index is 2.80. The second-order valence-electron chi connectivity index (χ2n) is 3.99. The molecule has 0 radical (unpaired) electrons. The summed E-state index contributed by atoms with van der Waals surface area (Å²) in [6, 6.07) is 7.57. The summed E-state index contributed by atoms with van der Waals surface area (Å²) in [5, 5.41) is 10.2. The molecule has 0 aliphatic heterocycles. The standard InChI is InChI=1S/C14H22O3/c1-4-10-17-13-9-7-6-8-12(13)14(15)11(3)16-5-2/h6-9,11,14-15H,4-5,10H2,1-3H3. The van der Waals surface area contributed by atoms with Gasteiger partial charge in [-0.3, -0.25) is 0 Å². The van der Waals surface area contributed by atoms with Gasteiger partial charge in [-0.1, -0.05) is 25.1 Å². The van der Waals surface area contributed by atoms with Gasteiger partial charge in [0.2, 0.25) is 0 Å². The van der Waals surface area contributed by atoms with Crippen LogP contribution >= 0.6 is 0 Å². The maximum absolute atomic E-state index is 10.2. The maximum Gasteiger partial charge on any atom is 0.125 e. The molecule has 1 aromatic carbocycles. The minimum absolute atomic E-state index is 0.230. The number of hydrogen-bond acceptors (Lipinski definition) is 3. The Kier molecular flexibility index (Phi) is 6.01. The first-order chi connectivity index (χ1) is 8.20. The molecule has 17 heavy (non-hydrogen) atoms. The second-order valence-corrected chi connectivity index (χ2v) is 3.99. The SMILES string of the molecule is CCCOc1ccccc1C(O)C(C)OCC. The van der Waals surface area contributed by atoms with Gasteiger partial charge in [0.15, 0.2) is 0 Å². The van der Waals surface area contributed by atoms with Crippen molar-refractivity contribution in [1.82, 2.24) is 0 Å². The summed E-state index contributed by atoms with van der Waals surface area (Å²) in [4.78, 5) is 0. The van der Waals surface area contributed by atoms with Crippen molar-refractivity contribution in [2.75, 3.05) is 13.2 Å². The molecule has 0 saturated heterocycles. The molecule has 1 rings (SSSR count). The third kappa shape index (κ3) is 4.02. The van der Waals surface area contributed by atoms with Gasteiger partial charge in [-0.15, -0.1) is 0 Å². The van der Waals surface area contributed by atoms with E-state index in [9.17, 15) is 5.11 Å². The molecule has 1 N–H and O–H groups in total. The molecule has 96 valence electrons. The Morgan fingerprint density at radius 1 is 1.24 bits per heavy atom. The first kappa shape index (κ1) is 14.0. The smallest absolute Gasteiger partial charge is 0.125 e. The molecule has 0 aromatic heterocycles. The lowest BCUT2D eigenvalue weighted by atomic mass is 10.0. The van der Waals surface area contributed by atoms with Crippen LogP contribution in [0.2, 0.25) is 0 Å². The largest absolute Gasteiger partial charge is 0.493 e. The molecule has 0 fully saturated rings. The van der Waals surface area contributed by atoms with E-state index in [2.05, 4.69) is 6.92 Å². The minimum Gasteiger partial charge on any atom is -0.493 e. The Morgan fingerprint density at radius 3 is 2.59 bits per heavy atom. The van der Waals surface area contributed by atoms with Crippen LogP contribution in [0.4, 0.5) is 0 Å². The van der Waals surface area contributed by atoms with Gasteiger partial charge < -0.3 is 14.6 Å². The van der Waals surface area contributed by atoms with E-state index in [-0.39, 0.29) is 6.10 Å². The van der Waals surface area contributed by atoms with E-state index >= 15 is 0 Å². The average Bonchev–Trinajstić information content (AvgIpc) is 2.36. The summed E-state index contributed by atoms with van der Waals surface area (Å²) in [6.07, 6.45) is 0.0696. The normalized spacial score (nSPS) is 14.4. The van der Waals surface area contributed by atoms with Crippen LogP contribution < -0.4 is 4.74 Å². The van der Waals surface area contributed by atoms with E-state index in [1.165, 1.54) is 0 Å². The van der Waals surface area contributed by atoms with E-state index in [4.69, 9.17) is 9.47 Å². The van der Waals surface area contributed by atoms with Crippen LogP contribution in [0.3, 0.4) is 0 Å². The quantitative estimate of drug-likeness (QED) is 0.793. The van der Waals surface area contributed by atoms with Crippen LogP contribution in [0.5, 0.6) is 5.75 Å². The molecule has 3 heteroatoms. The van der Waals surface area contributed by atoms with Crippen molar-refractivity contribution < 1.29 is 14.6 Å². The summed E-state index contributed by atoms with van der Waals surface area (Å²) >= 11 is 0. The summed E-state index contributed by atoms with van der Waals surface area (Å²) in [7, 11) is 0. The summed E-state index contributed by atoms with van der Waals surface area (Å²) in [5.74, 6) is 0.744. The monoisotopic (exact) mass is 238 g/mol. The Bertz CT molecular complexity index is 325. The van der Waals surface area contributed by atoms with Crippen molar-refractivity contribution in [3.8, 4) is 5.75 Å². The van der Waals surface area contributed by atoms with E-state index in [0.29, 0.717) is 13.2 Å². The van der Waals surface area contributed by atoms with E-state index in [1.807, 2.05) is 38.1 Å². The van der Waals surface area contributed by atoms with Gasteiger partial charge in [0.05, 0.1) is 12.7 Å². The summed E-state index contributed by atoms with van der Waals surface area (Å²) in [6.45, 7) is 7.10. The Labute approximate surface area is 103 Å². The third-order valence-corrected chi connectivity index (χ3v) is 2.57. The van der Waals surface area contributed by atoms with Crippen LogP contribution in [0.25, 0.3) is 0 Å². The zero-order valence-corrected chi connectivity index (χ0v) is 10.8. The van der Waals surface area contributed by atoms with Crippen LogP contribution in [-0.2, 0) is 4.74 Å². The van der Waals surface area contributed by atoms with Crippen LogP contribution in [0, 0.1) is 0 Å². The lowest BCUT2D eigenvalue weighted by molar-refractivity contribution is -0.0238. The molecule has 0 bridgehead atoms. The van der Waals surface area contributed by atoms with Crippen LogP contribution in [0.15, 0.2) is 24.3 Å². The number of aliphatic hydroxyl groups is 1. The molecular weight excluding hydrogens is 216 g/mol. The highest BCUT2D eigenvalue weighted by atomic mass is 16.5. The molecule has 2 unspecified atom stereocenters. The average molecular weight is 238 g/mol. The zero-order chi connectivity index (χ0) is 12.7. The number of rotatable bonds is 7. The Morgan fingerprint density at radius 2 is 1.94 bits per heavy atom. The number of benzene rings is 1. The molecule has 0 amide bonds. The second kappa shape index (κ2) is 7.30. The van der Waals surface area contributed by atoms with Crippen molar-refractivity contribution >= 4 is 0 Å². The van der Waals surface area contributed by atoms with Gasteiger partial charge in [-0.25, -0.2) is 0 Å². The highest BCUT2D eigenvalue weighted by Crippen LogP contribution is 2.28. The molecule has 2 atom stereocenters. The number of para-hydroxylation sites is 1. The lowest BCUT2D eigenvalue weighted by Crippen LogP contribution is -2.19. The Hall–Kier alpha value is -1.06. The molecule has 0 aliphatic carbocycles. The molecule has 0 aliphatic rings. The lowest BCUT2D eigenvalue weighted by Gasteiger charge is -2.21. The van der Waals surface area contributed by atoms with Gasteiger partial charge >= 0.3 is 0 Å². The van der Waals surface area contributed by atoms with Gasteiger partial charge in [-0.2, -0.15) is 0 Å². The number of hydrogen-bond donors (Lipinski definition) is 1. The third-order valence-electron chi connectivity index (χ3n) is 2.57. The van der Waals surface area contributed by atoms with E-state index in [0.717, 1.165) is 17.7 Å². The van der Waals surface area contributed by atoms with E-state index < -0.39 is 6.10 Å². The molecule has 1 aromatic rings. The van der Waals surface area contributed by atoms with Crippen LogP contribution in [-0.4, -0.2) is 24.4 Å². The van der Waals surface area contributed by atoms with Gasteiger partial charge in [0.1, 0.15) is 11.9 Å². The molecule has 0 heterocycles. The van der Waals surface area contributed by atoms with Gasteiger partial charge in [0.25, 0.3) is 0 Å². The van der Waals surface area contributed by atoms with Gasteiger partial charge in [-0.05, 0) is 26.3 Å². The predicted octanol–water partition coefficient (Wildman–Crippen LogP) is 2.93. The highest BCUT2D eigenvalue weighted by Gasteiger charge is 2.19. The fourth-order valence-electron chi connectivity index (χ4n) is 1.68. The fourth-order valence-corrected chi connectivity index (χ4v) is 1.68. The zero-order valence-electron chi connectivity index (χ0n) is 10.8. The van der Waals surface area contributed by atoms with Crippen molar-refractivity contribution in [2.24, 2.45) is 0 Å². The highest BCUT2D eigenvalue weighted by molar-refractivity contribution is 5.35. The van der Waals surface area contributed by atoms with Crippen molar-refractivity contribution in [3.05, 3.63) is 29.8 Å². The predicted molar refractivity (Wildman–Crippen MR) is 68.3 cm³/mol. The topological polar surface area (TPSA) is 38.7 Å². The summed E-state index contributed by atoms with van der Waals surface area (Å²) in [5.41, 5.74) is 0.793. The first-order valence-electron chi connectivity index (χ1n) is 6.22. The van der Waals surface area contributed by atoms with Gasteiger partial charge in [0, 0.05) is 12.2 Å². The minimum atomic E-state index is -0.650. The van der Waals surface area contributed by atoms with Crippen LogP contribution in [0.1, 0.15) is 38.9 Å². The molecule has 0 spiro atoms. The van der Waals surface area contributed by atoms with Crippen molar-refractivity contribution in [2.45, 2.75) is 39.4 Å². The summed E-state index contributed by atoms with van der Waals surface area (Å²) < 4.78 is 11.0.